The van der Waals surface area contributed by atoms with E-state index in [4.69, 9.17) is 0 Å². The highest BCUT2D eigenvalue weighted by Gasteiger charge is 2.07. The van der Waals surface area contributed by atoms with Crippen LogP contribution in [0.25, 0.3) is 0 Å². The second-order valence-corrected chi connectivity index (χ2v) is 5.75. The molecule has 0 aromatic carbocycles. The van der Waals surface area contributed by atoms with E-state index >= 15 is 0 Å². The van der Waals surface area contributed by atoms with Crippen LogP contribution in [0.5, 0.6) is 0 Å². The van der Waals surface area contributed by atoms with Crippen LogP contribution in [0.15, 0.2) is 10.8 Å². The Morgan fingerprint density at radius 3 is 2.59 bits per heavy atom. The van der Waals surface area contributed by atoms with Crippen molar-refractivity contribution in [2.45, 2.75) is 25.5 Å². The Morgan fingerprint density at radius 2 is 2.00 bits per heavy atom. The van der Waals surface area contributed by atoms with E-state index in [-0.39, 0.29) is 0 Å². The number of hydrogen-bond acceptors (Lipinski definition) is 5. The van der Waals surface area contributed by atoms with Gasteiger partial charge in [-0.2, -0.15) is 11.8 Å². The minimum Gasteiger partial charge on any atom is -0.369 e. The van der Waals surface area contributed by atoms with Gasteiger partial charge in [-0.3, -0.25) is 0 Å². The van der Waals surface area contributed by atoms with Crippen LogP contribution < -0.4 is 10.6 Å². The molecule has 0 aliphatic carbocycles. The number of rotatable bonds is 7. The highest BCUT2D eigenvalue weighted by molar-refractivity contribution is 9.10. The highest BCUT2D eigenvalue weighted by Crippen LogP contribution is 2.26. The fourth-order valence-electron chi connectivity index (χ4n) is 1.30. The first-order valence-corrected chi connectivity index (χ1v) is 7.78. The molecule has 2 N–H and O–H groups in total. The molecule has 0 aliphatic rings. The number of nitrogens with zero attached hydrogens (tertiary/aromatic N) is 2. The molecule has 0 fully saturated rings. The van der Waals surface area contributed by atoms with Crippen LogP contribution in [0, 0.1) is 0 Å². The molecule has 0 amide bonds. The van der Waals surface area contributed by atoms with E-state index in [9.17, 15) is 0 Å². The van der Waals surface area contributed by atoms with E-state index in [1.54, 1.807) is 6.33 Å². The van der Waals surface area contributed by atoms with E-state index in [1.807, 2.05) is 18.7 Å². The van der Waals surface area contributed by atoms with Crippen LogP contribution in [-0.2, 0) is 0 Å². The molecule has 17 heavy (non-hydrogen) atoms. The summed E-state index contributed by atoms with van der Waals surface area (Å²) in [4.78, 5) is 8.40. The first-order valence-electron chi connectivity index (χ1n) is 5.70. The van der Waals surface area contributed by atoms with Crippen molar-refractivity contribution >= 4 is 39.3 Å². The monoisotopic (exact) mass is 318 g/mol. The number of thioether (sulfide) groups is 1. The summed E-state index contributed by atoms with van der Waals surface area (Å²) in [7, 11) is 0. The summed E-state index contributed by atoms with van der Waals surface area (Å²) in [6.07, 6.45) is 4.83. The standard InChI is InChI=1S/C11H19BrN4S/c1-4-13-10-9(12)11(16-7-15-10)14-6-5-8(2)17-3/h7-8H,4-6H2,1-3H3,(H2,13,14,15,16). The first-order chi connectivity index (χ1) is 8.19. The van der Waals surface area contributed by atoms with Crippen molar-refractivity contribution in [3.8, 4) is 0 Å². The number of hydrogen-bond donors (Lipinski definition) is 2. The fraction of sp³-hybridized carbons (Fsp3) is 0.636. The molecule has 1 aromatic heterocycles. The van der Waals surface area contributed by atoms with Crippen molar-refractivity contribution in [3.63, 3.8) is 0 Å². The van der Waals surface area contributed by atoms with Gasteiger partial charge < -0.3 is 10.6 Å². The first kappa shape index (κ1) is 14.6. The summed E-state index contributed by atoms with van der Waals surface area (Å²) >= 11 is 5.39. The van der Waals surface area contributed by atoms with E-state index in [2.05, 4.69) is 49.7 Å². The molecule has 1 heterocycles. The largest absolute Gasteiger partial charge is 0.369 e. The van der Waals surface area contributed by atoms with Gasteiger partial charge >= 0.3 is 0 Å². The van der Waals surface area contributed by atoms with Gasteiger partial charge in [0.15, 0.2) is 0 Å². The average molecular weight is 319 g/mol. The predicted molar refractivity (Wildman–Crippen MR) is 80.0 cm³/mol. The smallest absolute Gasteiger partial charge is 0.145 e. The Morgan fingerprint density at radius 1 is 1.35 bits per heavy atom. The normalized spacial score (nSPS) is 12.2. The molecule has 0 radical (unpaired) electrons. The topological polar surface area (TPSA) is 49.8 Å². The molecule has 0 bridgehead atoms. The summed E-state index contributed by atoms with van der Waals surface area (Å²) in [6.45, 7) is 6.04. The molecule has 1 rings (SSSR count). The molecule has 4 nitrogen and oxygen atoms in total. The van der Waals surface area contributed by atoms with E-state index in [1.165, 1.54) is 0 Å². The lowest BCUT2D eigenvalue weighted by molar-refractivity contribution is 0.848. The second kappa shape index (κ2) is 7.76. The third kappa shape index (κ3) is 4.71. The van der Waals surface area contributed by atoms with Crippen LogP contribution in [0.2, 0.25) is 0 Å². The van der Waals surface area contributed by atoms with Gasteiger partial charge in [-0.15, -0.1) is 0 Å². The van der Waals surface area contributed by atoms with Crippen molar-refractivity contribution in [3.05, 3.63) is 10.8 Å². The molecule has 0 saturated carbocycles. The van der Waals surface area contributed by atoms with Gasteiger partial charge in [0, 0.05) is 18.3 Å². The Bertz CT molecular complexity index is 348. The van der Waals surface area contributed by atoms with Crippen molar-refractivity contribution < 1.29 is 0 Å². The fourth-order valence-corrected chi connectivity index (χ4v) is 2.13. The Hall–Kier alpha value is -0.490. The highest BCUT2D eigenvalue weighted by atomic mass is 79.9. The number of anilines is 2. The molecule has 6 heteroatoms. The van der Waals surface area contributed by atoms with Crippen molar-refractivity contribution in [1.29, 1.82) is 0 Å². The van der Waals surface area contributed by atoms with Gasteiger partial charge in [0.2, 0.25) is 0 Å². The van der Waals surface area contributed by atoms with E-state index in [0.717, 1.165) is 35.6 Å². The lowest BCUT2D eigenvalue weighted by atomic mass is 10.3. The maximum absolute atomic E-state index is 4.23. The van der Waals surface area contributed by atoms with Gasteiger partial charge in [0.1, 0.15) is 22.4 Å². The van der Waals surface area contributed by atoms with Crippen LogP contribution in [0.4, 0.5) is 11.6 Å². The summed E-state index contributed by atoms with van der Waals surface area (Å²) < 4.78 is 0.902. The SMILES string of the molecule is CCNc1ncnc(NCCC(C)SC)c1Br. The summed E-state index contributed by atoms with van der Waals surface area (Å²) in [6, 6.07) is 0. The zero-order valence-corrected chi connectivity index (χ0v) is 12.9. The number of nitrogens with one attached hydrogen (secondary N) is 2. The van der Waals surface area contributed by atoms with Crippen LogP contribution in [0.1, 0.15) is 20.3 Å². The van der Waals surface area contributed by atoms with Crippen molar-refractivity contribution in [2.24, 2.45) is 0 Å². The molecule has 1 unspecified atom stereocenters. The van der Waals surface area contributed by atoms with Crippen LogP contribution >= 0.6 is 27.7 Å². The molecule has 0 aliphatic heterocycles. The minimum absolute atomic E-state index is 0.663. The third-order valence-electron chi connectivity index (χ3n) is 2.38. The van der Waals surface area contributed by atoms with Gasteiger partial charge in [0.05, 0.1) is 0 Å². The van der Waals surface area contributed by atoms with Gasteiger partial charge in [0.25, 0.3) is 0 Å². The third-order valence-corrected chi connectivity index (χ3v) is 4.17. The van der Waals surface area contributed by atoms with Gasteiger partial charge in [-0.1, -0.05) is 6.92 Å². The van der Waals surface area contributed by atoms with Crippen LogP contribution in [0.3, 0.4) is 0 Å². The number of aromatic nitrogens is 2. The molecular weight excluding hydrogens is 300 g/mol. The predicted octanol–water partition coefficient (Wildman–Crippen LogP) is 3.22. The number of halogens is 1. The van der Waals surface area contributed by atoms with Crippen molar-refractivity contribution in [2.75, 3.05) is 30.0 Å². The Kier molecular flexibility index (Phi) is 6.65. The Labute approximate surface area is 116 Å². The summed E-state index contributed by atoms with van der Waals surface area (Å²) in [5, 5.41) is 7.17. The second-order valence-electron chi connectivity index (χ2n) is 3.68. The summed E-state index contributed by atoms with van der Waals surface area (Å²) in [5.41, 5.74) is 0. The zero-order chi connectivity index (χ0) is 12.7. The maximum Gasteiger partial charge on any atom is 0.145 e. The summed E-state index contributed by atoms with van der Waals surface area (Å²) in [5.74, 6) is 1.69. The van der Waals surface area contributed by atoms with Gasteiger partial charge in [-0.25, -0.2) is 9.97 Å². The molecule has 96 valence electrons. The molecular formula is C11H19BrN4S. The molecule has 1 aromatic rings. The minimum atomic E-state index is 0.663. The van der Waals surface area contributed by atoms with Crippen LogP contribution in [-0.4, -0.2) is 34.6 Å². The lowest BCUT2D eigenvalue weighted by Gasteiger charge is -2.12. The molecule has 1 atom stereocenters. The quantitative estimate of drug-likeness (QED) is 0.808. The average Bonchev–Trinajstić information content (AvgIpc) is 2.33. The van der Waals surface area contributed by atoms with E-state index in [0.29, 0.717) is 5.25 Å². The lowest BCUT2D eigenvalue weighted by Crippen LogP contribution is -2.10. The Balaban J connectivity index is 2.56. The molecule has 0 saturated heterocycles. The zero-order valence-electron chi connectivity index (χ0n) is 10.5. The maximum atomic E-state index is 4.23. The van der Waals surface area contributed by atoms with E-state index < -0.39 is 0 Å². The molecule has 0 spiro atoms. The van der Waals surface area contributed by atoms with Gasteiger partial charge in [-0.05, 0) is 35.5 Å². The van der Waals surface area contributed by atoms with Crippen molar-refractivity contribution in [1.82, 2.24) is 9.97 Å².